The average Bonchev–Trinajstić information content (AvgIpc) is 2.84. The van der Waals surface area contributed by atoms with Crippen molar-refractivity contribution in [2.75, 3.05) is 18.0 Å². The molecular formula is C16H23N5. The van der Waals surface area contributed by atoms with Crippen LogP contribution < -0.4 is 4.90 Å². The summed E-state index contributed by atoms with van der Waals surface area (Å²) < 4.78 is 2.29. The molecule has 4 rings (SSSR count). The normalized spacial score (nSPS) is 26.1. The molecule has 0 spiro atoms. The summed E-state index contributed by atoms with van der Waals surface area (Å²) in [5.41, 5.74) is 2.04. The third-order valence-corrected chi connectivity index (χ3v) is 4.79. The largest absolute Gasteiger partial charge is 0.354 e. The van der Waals surface area contributed by atoms with E-state index in [9.17, 15) is 0 Å². The van der Waals surface area contributed by atoms with Gasteiger partial charge in [0.25, 0.3) is 0 Å². The smallest absolute Gasteiger partial charge is 0.165 e. The van der Waals surface area contributed by atoms with Gasteiger partial charge in [0.2, 0.25) is 0 Å². The molecule has 5 heteroatoms. The maximum Gasteiger partial charge on any atom is 0.165 e. The predicted molar refractivity (Wildman–Crippen MR) is 83.4 cm³/mol. The van der Waals surface area contributed by atoms with Crippen molar-refractivity contribution in [1.82, 2.24) is 19.5 Å². The molecule has 2 aromatic rings. The zero-order valence-corrected chi connectivity index (χ0v) is 12.9. The minimum atomic E-state index is 0.719. The average molecular weight is 285 g/mol. The Labute approximate surface area is 125 Å². The highest BCUT2D eigenvalue weighted by Gasteiger charge is 2.26. The van der Waals surface area contributed by atoms with Gasteiger partial charge in [-0.1, -0.05) is 13.8 Å². The molecule has 4 heterocycles. The molecule has 2 unspecified atom stereocenters. The van der Waals surface area contributed by atoms with Gasteiger partial charge in [-0.3, -0.25) is 0 Å². The molecule has 112 valence electrons. The summed E-state index contributed by atoms with van der Waals surface area (Å²) in [5, 5.41) is 0. The van der Waals surface area contributed by atoms with Crippen LogP contribution in [0.5, 0.6) is 0 Å². The summed E-state index contributed by atoms with van der Waals surface area (Å²) in [6.07, 6.45) is 6.57. The first-order chi connectivity index (χ1) is 10.2. The number of aromatic nitrogens is 4. The first-order valence-corrected chi connectivity index (χ1v) is 8.17. The van der Waals surface area contributed by atoms with Gasteiger partial charge in [0.15, 0.2) is 17.0 Å². The Morgan fingerprint density at radius 3 is 2.71 bits per heavy atom. The van der Waals surface area contributed by atoms with Crippen LogP contribution in [0.15, 0.2) is 6.33 Å². The van der Waals surface area contributed by atoms with E-state index in [2.05, 4.69) is 33.3 Å². The van der Waals surface area contributed by atoms with E-state index in [0.717, 1.165) is 54.9 Å². The van der Waals surface area contributed by atoms with Crippen molar-refractivity contribution >= 4 is 17.0 Å². The van der Waals surface area contributed by atoms with Crippen LogP contribution >= 0.6 is 0 Å². The zero-order valence-electron chi connectivity index (χ0n) is 12.9. The van der Waals surface area contributed by atoms with Crippen LogP contribution in [0.4, 0.5) is 5.82 Å². The van der Waals surface area contributed by atoms with Gasteiger partial charge in [0, 0.05) is 26.1 Å². The van der Waals surface area contributed by atoms with E-state index in [1.165, 1.54) is 25.1 Å². The van der Waals surface area contributed by atoms with Crippen LogP contribution in [0, 0.1) is 11.8 Å². The number of rotatable bonds is 1. The third-order valence-electron chi connectivity index (χ3n) is 4.79. The van der Waals surface area contributed by atoms with Gasteiger partial charge in [-0.2, -0.15) is 0 Å². The molecule has 0 radical (unpaired) electrons. The Kier molecular flexibility index (Phi) is 3.08. The van der Waals surface area contributed by atoms with E-state index in [4.69, 9.17) is 4.98 Å². The zero-order chi connectivity index (χ0) is 14.4. The molecule has 21 heavy (non-hydrogen) atoms. The molecule has 2 aromatic heterocycles. The number of hydrogen-bond donors (Lipinski definition) is 0. The molecule has 2 aliphatic heterocycles. The van der Waals surface area contributed by atoms with Gasteiger partial charge in [-0.05, 0) is 31.1 Å². The fourth-order valence-electron chi connectivity index (χ4n) is 4.02. The molecule has 1 saturated heterocycles. The second-order valence-electron chi connectivity index (χ2n) is 6.86. The first-order valence-electron chi connectivity index (χ1n) is 8.17. The fourth-order valence-corrected chi connectivity index (χ4v) is 4.02. The molecule has 5 nitrogen and oxygen atoms in total. The topological polar surface area (TPSA) is 46.8 Å². The highest BCUT2D eigenvalue weighted by Crippen LogP contribution is 2.30. The van der Waals surface area contributed by atoms with Gasteiger partial charge in [0.1, 0.15) is 12.2 Å². The number of aryl methyl sites for hydroxylation is 2. The van der Waals surface area contributed by atoms with Gasteiger partial charge in [-0.25, -0.2) is 15.0 Å². The van der Waals surface area contributed by atoms with Crippen molar-refractivity contribution < 1.29 is 0 Å². The Bertz CT molecular complexity index is 652. The van der Waals surface area contributed by atoms with Crippen molar-refractivity contribution in [3.8, 4) is 0 Å². The summed E-state index contributed by atoms with van der Waals surface area (Å²) in [6.45, 7) is 7.88. The fraction of sp³-hybridized carbons (Fsp3) is 0.688. The second-order valence-corrected chi connectivity index (χ2v) is 6.86. The molecule has 1 fully saturated rings. The minimum absolute atomic E-state index is 0.719. The standard InChI is InChI=1S/C16H23N5/c1-11-7-12(2)9-20(8-11)15-14-16(18-10-17-15)21-6-4-3-5-13(21)19-14/h10-12H,3-9H2,1-2H3. The lowest BCUT2D eigenvalue weighted by molar-refractivity contribution is 0.355. The molecule has 0 bridgehead atoms. The quantitative estimate of drug-likeness (QED) is 0.808. The molecule has 2 aliphatic rings. The summed E-state index contributed by atoms with van der Waals surface area (Å²) in [4.78, 5) is 16.4. The lowest BCUT2D eigenvalue weighted by Gasteiger charge is -2.35. The van der Waals surface area contributed by atoms with Gasteiger partial charge >= 0.3 is 0 Å². The Morgan fingerprint density at radius 2 is 1.90 bits per heavy atom. The van der Waals surface area contributed by atoms with Crippen LogP contribution in [-0.2, 0) is 13.0 Å². The summed E-state index contributed by atoms with van der Waals surface area (Å²) >= 11 is 0. The molecular weight excluding hydrogens is 262 g/mol. The number of hydrogen-bond acceptors (Lipinski definition) is 4. The monoisotopic (exact) mass is 285 g/mol. The molecule has 0 saturated carbocycles. The van der Waals surface area contributed by atoms with E-state index >= 15 is 0 Å². The molecule has 0 aromatic carbocycles. The van der Waals surface area contributed by atoms with Crippen molar-refractivity contribution in [3.05, 3.63) is 12.2 Å². The van der Waals surface area contributed by atoms with Crippen LogP contribution in [0.3, 0.4) is 0 Å². The molecule has 2 atom stereocenters. The van der Waals surface area contributed by atoms with Crippen LogP contribution in [-0.4, -0.2) is 32.6 Å². The van der Waals surface area contributed by atoms with E-state index in [1.807, 2.05) is 0 Å². The lowest BCUT2D eigenvalue weighted by Crippen LogP contribution is -2.39. The first kappa shape index (κ1) is 13.0. The van der Waals surface area contributed by atoms with E-state index in [-0.39, 0.29) is 0 Å². The van der Waals surface area contributed by atoms with Crippen LogP contribution in [0.1, 0.15) is 38.9 Å². The lowest BCUT2D eigenvalue weighted by atomic mass is 9.92. The van der Waals surface area contributed by atoms with Crippen molar-refractivity contribution in [2.24, 2.45) is 11.8 Å². The third kappa shape index (κ3) is 2.19. The van der Waals surface area contributed by atoms with E-state index in [1.54, 1.807) is 6.33 Å². The molecule has 0 amide bonds. The predicted octanol–water partition coefficient (Wildman–Crippen LogP) is 2.64. The Morgan fingerprint density at radius 1 is 1.10 bits per heavy atom. The second kappa shape index (κ2) is 4.97. The van der Waals surface area contributed by atoms with Crippen molar-refractivity contribution in [3.63, 3.8) is 0 Å². The van der Waals surface area contributed by atoms with E-state index in [0.29, 0.717) is 0 Å². The summed E-state index contributed by atoms with van der Waals surface area (Å²) in [6, 6.07) is 0. The molecule has 0 N–H and O–H groups in total. The minimum Gasteiger partial charge on any atom is -0.354 e. The Hall–Kier alpha value is -1.65. The van der Waals surface area contributed by atoms with Gasteiger partial charge in [0.05, 0.1) is 0 Å². The highest BCUT2D eigenvalue weighted by atomic mass is 15.2. The van der Waals surface area contributed by atoms with E-state index < -0.39 is 0 Å². The maximum absolute atomic E-state index is 4.87. The number of anilines is 1. The van der Waals surface area contributed by atoms with Crippen LogP contribution in [0.25, 0.3) is 11.2 Å². The summed E-state index contributed by atoms with van der Waals surface area (Å²) in [5.74, 6) is 3.67. The SMILES string of the molecule is CC1CC(C)CN(c2ncnc3c2nc2n3CCCC2)C1. The van der Waals surface area contributed by atoms with Gasteiger partial charge < -0.3 is 9.47 Å². The van der Waals surface area contributed by atoms with Crippen molar-refractivity contribution in [2.45, 2.75) is 46.1 Å². The molecule has 0 aliphatic carbocycles. The number of piperidine rings is 1. The van der Waals surface area contributed by atoms with Crippen LogP contribution in [0.2, 0.25) is 0 Å². The Balaban J connectivity index is 1.80. The van der Waals surface area contributed by atoms with Gasteiger partial charge in [-0.15, -0.1) is 0 Å². The number of nitrogens with zero attached hydrogens (tertiary/aromatic N) is 5. The highest BCUT2D eigenvalue weighted by molar-refractivity contribution is 5.84. The number of fused-ring (bicyclic) bond motifs is 3. The van der Waals surface area contributed by atoms with Crippen molar-refractivity contribution in [1.29, 1.82) is 0 Å². The maximum atomic E-state index is 4.87. The number of imidazole rings is 1. The summed E-state index contributed by atoms with van der Waals surface area (Å²) in [7, 11) is 0.